The Hall–Kier alpha value is -2.62. The van der Waals surface area contributed by atoms with Gasteiger partial charge in [-0.05, 0) is 17.0 Å². The van der Waals surface area contributed by atoms with E-state index < -0.39 is 12.1 Å². The Morgan fingerprint density at radius 2 is 1.54 bits per heavy atom. The predicted octanol–water partition coefficient (Wildman–Crippen LogP) is 3.17. The highest BCUT2D eigenvalue weighted by atomic mass is 16.2. The van der Waals surface area contributed by atoms with E-state index in [2.05, 4.69) is 5.32 Å². The van der Waals surface area contributed by atoms with E-state index >= 15 is 0 Å². The summed E-state index contributed by atoms with van der Waals surface area (Å²) in [5.74, 6) is 0.0702. The lowest BCUT2D eigenvalue weighted by Gasteiger charge is -2.41. The summed E-state index contributed by atoms with van der Waals surface area (Å²) in [6.45, 7) is 4.51. The number of nitrogens with one attached hydrogen (secondary N) is 1. The second-order valence-corrected chi connectivity index (χ2v) is 7.03. The highest BCUT2D eigenvalue weighted by molar-refractivity contribution is 5.97. The SMILES string of the molecule is CCC(C)C1NC(=O)C(Cc2ccccc2)N(Cc2ccccc2)C1=O. The molecule has 4 heteroatoms. The summed E-state index contributed by atoms with van der Waals surface area (Å²) in [6.07, 6.45) is 1.37. The zero-order chi connectivity index (χ0) is 18.5. The summed E-state index contributed by atoms with van der Waals surface area (Å²) in [6, 6.07) is 18.8. The molecule has 0 saturated carbocycles. The van der Waals surface area contributed by atoms with Gasteiger partial charge in [-0.2, -0.15) is 0 Å². The lowest BCUT2D eigenvalue weighted by atomic mass is 9.92. The number of amides is 2. The molecule has 1 heterocycles. The average molecular weight is 350 g/mol. The van der Waals surface area contributed by atoms with Gasteiger partial charge in [-0.25, -0.2) is 0 Å². The van der Waals surface area contributed by atoms with Gasteiger partial charge in [-0.3, -0.25) is 9.59 Å². The zero-order valence-electron chi connectivity index (χ0n) is 15.4. The summed E-state index contributed by atoms with van der Waals surface area (Å²) in [5, 5.41) is 2.97. The van der Waals surface area contributed by atoms with Gasteiger partial charge in [0.05, 0.1) is 0 Å². The van der Waals surface area contributed by atoms with E-state index in [-0.39, 0.29) is 17.7 Å². The van der Waals surface area contributed by atoms with Gasteiger partial charge in [-0.1, -0.05) is 80.9 Å². The van der Waals surface area contributed by atoms with Crippen molar-refractivity contribution in [3.8, 4) is 0 Å². The monoisotopic (exact) mass is 350 g/mol. The number of carbonyl (C=O) groups excluding carboxylic acids is 2. The number of hydrogen-bond donors (Lipinski definition) is 1. The van der Waals surface area contributed by atoms with Crippen LogP contribution in [0, 0.1) is 5.92 Å². The van der Waals surface area contributed by atoms with Gasteiger partial charge in [0.1, 0.15) is 12.1 Å². The van der Waals surface area contributed by atoms with Crippen molar-refractivity contribution in [2.75, 3.05) is 0 Å². The minimum absolute atomic E-state index is 0.0173. The molecule has 2 aromatic rings. The minimum Gasteiger partial charge on any atom is -0.342 e. The lowest BCUT2D eigenvalue weighted by molar-refractivity contribution is -0.151. The van der Waals surface area contributed by atoms with E-state index in [4.69, 9.17) is 0 Å². The van der Waals surface area contributed by atoms with Gasteiger partial charge in [0.2, 0.25) is 11.8 Å². The first-order chi connectivity index (χ1) is 12.6. The Labute approximate surface area is 155 Å². The Morgan fingerprint density at radius 1 is 0.962 bits per heavy atom. The van der Waals surface area contributed by atoms with Crippen molar-refractivity contribution < 1.29 is 9.59 Å². The second kappa shape index (κ2) is 8.17. The molecule has 1 saturated heterocycles. The molecule has 26 heavy (non-hydrogen) atoms. The van der Waals surface area contributed by atoms with Crippen LogP contribution in [0.5, 0.6) is 0 Å². The normalized spacial score (nSPS) is 21.4. The second-order valence-electron chi connectivity index (χ2n) is 7.03. The van der Waals surface area contributed by atoms with Crippen LogP contribution in [0.15, 0.2) is 60.7 Å². The van der Waals surface area contributed by atoms with E-state index in [0.717, 1.165) is 17.5 Å². The molecular formula is C22H26N2O2. The molecule has 1 fully saturated rings. The number of piperazine rings is 1. The van der Waals surface area contributed by atoms with Gasteiger partial charge in [0.25, 0.3) is 0 Å². The summed E-state index contributed by atoms with van der Waals surface area (Å²) in [5.41, 5.74) is 2.09. The molecule has 136 valence electrons. The zero-order valence-corrected chi connectivity index (χ0v) is 15.4. The number of rotatable bonds is 6. The van der Waals surface area contributed by atoms with Gasteiger partial charge >= 0.3 is 0 Å². The van der Waals surface area contributed by atoms with E-state index in [0.29, 0.717) is 13.0 Å². The maximum atomic E-state index is 13.2. The fraction of sp³-hybridized carbons (Fsp3) is 0.364. The van der Waals surface area contributed by atoms with Crippen LogP contribution in [0.2, 0.25) is 0 Å². The lowest BCUT2D eigenvalue weighted by Crippen LogP contribution is -2.65. The molecule has 0 aromatic heterocycles. The molecule has 1 aliphatic heterocycles. The summed E-state index contributed by atoms with van der Waals surface area (Å²) < 4.78 is 0. The number of hydrogen-bond acceptors (Lipinski definition) is 2. The number of nitrogens with zero attached hydrogens (tertiary/aromatic N) is 1. The maximum absolute atomic E-state index is 13.2. The molecule has 3 rings (SSSR count). The number of benzene rings is 2. The maximum Gasteiger partial charge on any atom is 0.246 e. The van der Waals surface area contributed by atoms with Crippen LogP contribution >= 0.6 is 0 Å². The van der Waals surface area contributed by atoms with Crippen molar-refractivity contribution in [3.63, 3.8) is 0 Å². The van der Waals surface area contributed by atoms with Crippen LogP contribution in [-0.4, -0.2) is 28.8 Å². The van der Waals surface area contributed by atoms with Gasteiger partial charge in [0.15, 0.2) is 0 Å². The Morgan fingerprint density at radius 3 is 2.12 bits per heavy atom. The molecule has 2 amide bonds. The van der Waals surface area contributed by atoms with E-state index in [1.807, 2.05) is 74.5 Å². The van der Waals surface area contributed by atoms with Crippen LogP contribution < -0.4 is 5.32 Å². The predicted molar refractivity (Wildman–Crippen MR) is 102 cm³/mol. The Kier molecular flexibility index (Phi) is 5.71. The molecule has 1 aliphatic rings. The van der Waals surface area contributed by atoms with E-state index in [1.165, 1.54) is 0 Å². The first kappa shape index (κ1) is 18.2. The Bertz CT molecular complexity index is 745. The molecule has 4 nitrogen and oxygen atoms in total. The highest BCUT2D eigenvalue weighted by Crippen LogP contribution is 2.22. The molecule has 0 radical (unpaired) electrons. The fourth-order valence-corrected chi connectivity index (χ4v) is 3.41. The molecule has 2 aromatic carbocycles. The van der Waals surface area contributed by atoms with Gasteiger partial charge < -0.3 is 10.2 Å². The van der Waals surface area contributed by atoms with E-state index in [1.54, 1.807) is 4.90 Å². The minimum atomic E-state index is -0.481. The smallest absolute Gasteiger partial charge is 0.246 e. The van der Waals surface area contributed by atoms with Crippen molar-refractivity contribution in [1.82, 2.24) is 10.2 Å². The largest absolute Gasteiger partial charge is 0.342 e. The third-order valence-electron chi connectivity index (χ3n) is 5.21. The third-order valence-corrected chi connectivity index (χ3v) is 5.21. The average Bonchev–Trinajstić information content (AvgIpc) is 2.68. The summed E-state index contributed by atoms with van der Waals surface area (Å²) >= 11 is 0. The third kappa shape index (κ3) is 3.96. The van der Waals surface area contributed by atoms with Crippen LogP contribution in [0.3, 0.4) is 0 Å². The first-order valence-corrected chi connectivity index (χ1v) is 9.29. The van der Waals surface area contributed by atoms with Crippen LogP contribution in [0.4, 0.5) is 0 Å². The van der Waals surface area contributed by atoms with Crippen molar-refractivity contribution >= 4 is 11.8 Å². The highest BCUT2D eigenvalue weighted by Gasteiger charge is 2.42. The van der Waals surface area contributed by atoms with E-state index in [9.17, 15) is 9.59 Å². The summed E-state index contributed by atoms with van der Waals surface area (Å²) in [7, 11) is 0. The van der Waals surface area contributed by atoms with Crippen LogP contribution in [0.25, 0.3) is 0 Å². The first-order valence-electron chi connectivity index (χ1n) is 9.29. The van der Waals surface area contributed by atoms with Gasteiger partial charge in [-0.15, -0.1) is 0 Å². The molecular weight excluding hydrogens is 324 g/mol. The molecule has 3 atom stereocenters. The Balaban J connectivity index is 1.89. The topological polar surface area (TPSA) is 49.4 Å². The van der Waals surface area contributed by atoms with Crippen LogP contribution in [0.1, 0.15) is 31.4 Å². The van der Waals surface area contributed by atoms with Crippen LogP contribution in [-0.2, 0) is 22.6 Å². The molecule has 0 aliphatic carbocycles. The molecule has 3 unspecified atom stereocenters. The van der Waals surface area contributed by atoms with Crippen molar-refractivity contribution in [1.29, 1.82) is 0 Å². The molecule has 0 bridgehead atoms. The quantitative estimate of drug-likeness (QED) is 0.870. The summed E-state index contributed by atoms with van der Waals surface area (Å²) in [4.78, 5) is 27.8. The molecule has 0 spiro atoms. The fourth-order valence-electron chi connectivity index (χ4n) is 3.41. The number of carbonyl (C=O) groups is 2. The van der Waals surface area contributed by atoms with Gasteiger partial charge in [0, 0.05) is 13.0 Å². The van der Waals surface area contributed by atoms with Crippen molar-refractivity contribution in [2.24, 2.45) is 5.92 Å². The molecule has 1 N–H and O–H groups in total. The van der Waals surface area contributed by atoms with Crippen molar-refractivity contribution in [2.45, 2.75) is 45.3 Å². The standard InChI is InChI=1S/C22H26N2O2/c1-3-16(2)20-22(26)24(15-18-12-8-5-9-13-18)19(21(25)23-20)14-17-10-6-4-7-11-17/h4-13,16,19-20H,3,14-15H2,1-2H3,(H,23,25). The van der Waals surface area contributed by atoms with Crippen molar-refractivity contribution in [3.05, 3.63) is 71.8 Å².